The van der Waals surface area contributed by atoms with Crippen LogP contribution in [0.4, 0.5) is 5.82 Å². The van der Waals surface area contributed by atoms with Gasteiger partial charge in [0.05, 0.1) is 35.8 Å². The second-order valence-electron chi connectivity index (χ2n) is 6.54. The predicted octanol–water partition coefficient (Wildman–Crippen LogP) is 2.95. The summed E-state index contributed by atoms with van der Waals surface area (Å²) in [6, 6.07) is 3.96. The molecule has 0 aromatic carbocycles. The molecule has 7 heteroatoms. The van der Waals surface area contributed by atoms with Crippen LogP contribution >= 0.6 is 0 Å². The number of amides is 1. The van der Waals surface area contributed by atoms with E-state index in [1.807, 2.05) is 13.1 Å². The molecular formula is C19H21N5O2. The van der Waals surface area contributed by atoms with Crippen LogP contribution < -0.4 is 10.1 Å². The van der Waals surface area contributed by atoms with Gasteiger partial charge in [-0.15, -0.1) is 0 Å². The summed E-state index contributed by atoms with van der Waals surface area (Å²) in [5.74, 6) is 1.34. The maximum absolute atomic E-state index is 12.0. The molecule has 7 nitrogen and oxygen atoms in total. The standard InChI is InChI=1S/C19H21N5O2/c1-4-13-17(19(26-3)22-10-21-13)14-7-12-8-16(20-9-15(12)24(14)2)23-18(25)11-5-6-11/h7-11H,4-6H2,1-3H3,(H,20,23,25). The van der Waals surface area contributed by atoms with Crippen LogP contribution in [0.3, 0.4) is 0 Å². The molecule has 1 aliphatic carbocycles. The number of hydrogen-bond acceptors (Lipinski definition) is 5. The predicted molar refractivity (Wildman–Crippen MR) is 99.0 cm³/mol. The molecule has 3 heterocycles. The molecule has 3 aromatic rings. The molecule has 0 atom stereocenters. The highest BCUT2D eigenvalue weighted by molar-refractivity contribution is 5.96. The van der Waals surface area contributed by atoms with Crippen molar-refractivity contribution in [3.05, 3.63) is 30.4 Å². The van der Waals surface area contributed by atoms with Crippen molar-refractivity contribution in [1.29, 1.82) is 0 Å². The normalized spacial score (nSPS) is 13.8. The van der Waals surface area contributed by atoms with Crippen molar-refractivity contribution in [1.82, 2.24) is 19.5 Å². The molecule has 1 N–H and O–H groups in total. The van der Waals surface area contributed by atoms with Crippen LogP contribution in [-0.2, 0) is 18.3 Å². The van der Waals surface area contributed by atoms with Gasteiger partial charge in [0.1, 0.15) is 12.1 Å². The van der Waals surface area contributed by atoms with Gasteiger partial charge in [0.2, 0.25) is 11.8 Å². The van der Waals surface area contributed by atoms with Crippen molar-refractivity contribution < 1.29 is 9.53 Å². The Morgan fingerprint density at radius 3 is 2.81 bits per heavy atom. The highest BCUT2D eigenvalue weighted by Crippen LogP contribution is 2.35. The van der Waals surface area contributed by atoms with E-state index in [0.717, 1.165) is 47.1 Å². The van der Waals surface area contributed by atoms with E-state index in [0.29, 0.717) is 11.7 Å². The minimum atomic E-state index is 0.0550. The maximum atomic E-state index is 12.0. The number of carbonyl (C=O) groups is 1. The zero-order chi connectivity index (χ0) is 18.3. The molecule has 4 rings (SSSR count). The van der Waals surface area contributed by atoms with Crippen LogP contribution in [0.5, 0.6) is 5.88 Å². The first kappa shape index (κ1) is 16.5. The Hall–Kier alpha value is -2.96. The van der Waals surface area contributed by atoms with Gasteiger partial charge in [0.25, 0.3) is 0 Å². The average Bonchev–Trinajstić information content (AvgIpc) is 3.46. The van der Waals surface area contributed by atoms with Gasteiger partial charge in [-0.3, -0.25) is 4.79 Å². The first-order valence-corrected chi connectivity index (χ1v) is 8.77. The molecule has 0 bridgehead atoms. The van der Waals surface area contributed by atoms with Gasteiger partial charge in [0.15, 0.2) is 0 Å². The van der Waals surface area contributed by atoms with Gasteiger partial charge in [-0.1, -0.05) is 6.92 Å². The quantitative estimate of drug-likeness (QED) is 0.764. The molecule has 1 amide bonds. The molecule has 1 aliphatic rings. The smallest absolute Gasteiger partial charge is 0.228 e. The van der Waals surface area contributed by atoms with Gasteiger partial charge < -0.3 is 14.6 Å². The monoisotopic (exact) mass is 351 g/mol. The summed E-state index contributed by atoms with van der Waals surface area (Å²) in [4.78, 5) is 25.0. The van der Waals surface area contributed by atoms with E-state index >= 15 is 0 Å². The number of anilines is 1. The first-order valence-electron chi connectivity index (χ1n) is 8.77. The molecule has 3 aromatic heterocycles. The zero-order valence-electron chi connectivity index (χ0n) is 15.1. The van der Waals surface area contributed by atoms with Crippen LogP contribution in [0.25, 0.3) is 22.2 Å². The molecule has 0 unspecified atom stereocenters. The number of hydrogen-bond donors (Lipinski definition) is 1. The number of rotatable bonds is 5. The number of nitrogens with one attached hydrogen (secondary N) is 1. The van der Waals surface area contributed by atoms with Gasteiger partial charge in [-0.2, -0.15) is 0 Å². The summed E-state index contributed by atoms with van der Waals surface area (Å²) in [5, 5.41) is 3.90. The van der Waals surface area contributed by atoms with Crippen LogP contribution in [0.2, 0.25) is 0 Å². The van der Waals surface area contributed by atoms with E-state index in [-0.39, 0.29) is 11.8 Å². The van der Waals surface area contributed by atoms with Crippen molar-refractivity contribution in [2.24, 2.45) is 13.0 Å². The van der Waals surface area contributed by atoms with E-state index in [1.165, 1.54) is 6.33 Å². The maximum Gasteiger partial charge on any atom is 0.228 e. The van der Waals surface area contributed by atoms with Crippen LogP contribution in [0.15, 0.2) is 24.7 Å². The fraction of sp³-hybridized carbons (Fsp3) is 0.368. The van der Waals surface area contributed by atoms with Gasteiger partial charge in [-0.05, 0) is 31.4 Å². The lowest BCUT2D eigenvalue weighted by Crippen LogP contribution is -2.14. The summed E-state index contributed by atoms with van der Waals surface area (Å²) in [6.45, 7) is 2.06. The molecule has 134 valence electrons. The first-order chi connectivity index (χ1) is 12.6. The Labute approximate surface area is 151 Å². The van der Waals surface area contributed by atoms with Gasteiger partial charge in [-0.25, -0.2) is 15.0 Å². The number of aromatic nitrogens is 4. The lowest BCUT2D eigenvalue weighted by atomic mass is 10.1. The Morgan fingerprint density at radius 2 is 2.12 bits per heavy atom. The fourth-order valence-corrected chi connectivity index (χ4v) is 3.20. The van der Waals surface area contributed by atoms with E-state index in [4.69, 9.17) is 4.74 Å². The minimum absolute atomic E-state index is 0.0550. The Kier molecular flexibility index (Phi) is 4.06. The molecule has 1 fully saturated rings. The van der Waals surface area contributed by atoms with Crippen LogP contribution in [-0.4, -0.2) is 32.5 Å². The van der Waals surface area contributed by atoms with Crippen molar-refractivity contribution in [3.8, 4) is 17.1 Å². The summed E-state index contributed by atoms with van der Waals surface area (Å²) in [7, 11) is 3.59. The largest absolute Gasteiger partial charge is 0.480 e. The third-order valence-corrected chi connectivity index (χ3v) is 4.80. The number of aryl methyl sites for hydroxylation is 2. The lowest BCUT2D eigenvalue weighted by Gasteiger charge is -2.12. The third-order valence-electron chi connectivity index (χ3n) is 4.80. The van der Waals surface area contributed by atoms with Gasteiger partial charge >= 0.3 is 0 Å². The number of carbonyl (C=O) groups excluding carboxylic acids is 1. The average molecular weight is 351 g/mol. The molecule has 26 heavy (non-hydrogen) atoms. The van der Waals surface area contributed by atoms with E-state index in [9.17, 15) is 4.79 Å². The summed E-state index contributed by atoms with van der Waals surface area (Å²) >= 11 is 0. The number of fused-ring (bicyclic) bond motifs is 1. The molecule has 0 radical (unpaired) electrons. The number of ether oxygens (including phenoxy) is 1. The number of nitrogens with zero attached hydrogens (tertiary/aromatic N) is 4. The highest BCUT2D eigenvalue weighted by Gasteiger charge is 2.29. The summed E-state index contributed by atoms with van der Waals surface area (Å²) in [6.07, 6.45) is 6.02. The Balaban J connectivity index is 1.79. The Bertz CT molecular complexity index is 969. The van der Waals surface area contributed by atoms with Crippen LogP contribution in [0, 0.1) is 5.92 Å². The number of methoxy groups -OCH3 is 1. The van der Waals surface area contributed by atoms with Crippen molar-refractivity contribution in [2.45, 2.75) is 26.2 Å². The molecule has 1 saturated carbocycles. The highest BCUT2D eigenvalue weighted by atomic mass is 16.5. The molecule has 0 spiro atoms. The van der Waals surface area contributed by atoms with Crippen molar-refractivity contribution >= 4 is 22.6 Å². The van der Waals surface area contributed by atoms with E-state index in [1.54, 1.807) is 13.3 Å². The van der Waals surface area contributed by atoms with Crippen LogP contribution in [0.1, 0.15) is 25.5 Å². The SMILES string of the molecule is CCc1ncnc(OC)c1-c1cc2cc(NC(=O)C3CC3)ncc2n1C. The number of pyridine rings is 1. The second-order valence-corrected chi connectivity index (χ2v) is 6.54. The van der Waals surface area contributed by atoms with Crippen molar-refractivity contribution in [2.75, 3.05) is 12.4 Å². The minimum Gasteiger partial charge on any atom is -0.480 e. The second kappa shape index (κ2) is 6.40. The van der Waals surface area contributed by atoms with E-state index < -0.39 is 0 Å². The topological polar surface area (TPSA) is 81.9 Å². The fourth-order valence-electron chi connectivity index (χ4n) is 3.20. The van der Waals surface area contributed by atoms with E-state index in [2.05, 4.69) is 37.8 Å². The Morgan fingerprint density at radius 1 is 1.31 bits per heavy atom. The molecular weight excluding hydrogens is 330 g/mol. The summed E-state index contributed by atoms with van der Waals surface area (Å²) in [5.41, 5.74) is 3.75. The van der Waals surface area contributed by atoms with Gasteiger partial charge in [0, 0.05) is 18.4 Å². The van der Waals surface area contributed by atoms with Crippen molar-refractivity contribution in [3.63, 3.8) is 0 Å². The molecule has 0 aliphatic heterocycles. The molecule has 0 saturated heterocycles. The zero-order valence-corrected chi connectivity index (χ0v) is 15.1. The summed E-state index contributed by atoms with van der Waals surface area (Å²) < 4.78 is 7.52. The lowest BCUT2D eigenvalue weighted by molar-refractivity contribution is -0.117. The third kappa shape index (κ3) is 2.79.